The zero-order valence-electron chi connectivity index (χ0n) is 20.3. The van der Waals surface area contributed by atoms with Crippen LogP contribution in [0.3, 0.4) is 0 Å². The fourth-order valence-corrected chi connectivity index (χ4v) is 4.97. The smallest absolute Gasteiger partial charge is 0.155 e. The largest absolute Gasteiger partial charge is 0.496 e. The van der Waals surface area contributed by atoms with Crippen LogP contribution in [-0.4, -0.2) is 31.7 Å². The lowest BCUT2D eigenvalue weighted by Gasteiger charge is -2.08. The molecule has 0 fully saturated rings. The van der Waals surface area contributed by atoms with Crippen LogP contribution in [0, 0.1) is 20.8 Å². The maximum atomic E-state index is 6.28. The fourth-order valence-electron chi connectivity index (χ4n) is 4.05. The van der Waals surface area contributed by atoms with E-state index < -0.39 is 0 Å². The fraction of sp³-hybridized carbons (Fsp3) is 0.185. The molecule has 5 heterocycles. The summed E-state index contributed by atoms with van der Waals surface area (Å²) in [5.41, 5.74) is 5.93. The Morgan fingerprint density at radius 1 is 1.00 bits per heavy atom. The molecule has 1 aromatic carbocycles. The zero-order valence-corrected chi connectivity index (χ0v) is 21.1. The second kappa shape index (κ2) is 8.76. The number of benzene rings is 1. The summed E-state index contributed by atoms with van der Waals surface area (Å²) < 4.78 is 19.7. The molecule has 36 heavy (non-hydrogen) atoms. The lowest BCUT2D eigenvalue weighted by atomic mass is 10.2. The molecule has 0 aliphatic carbocycles. The van der Waals surface area contributed by atoms with Gasteiger partial charge < -0.3 is 13.9 Å². The van der Waals surface area contributed by atoms with Crippen LogP contribution in [0.1, 0.15) is 22.0 Å². The van der Waals surface area contributed by atoms with Crippen LogP contribution in [0.5, 0.6) is 11.5 Å². The highest BCUT2D eigenvalue weighted by molar-refractivity contribution is 7.15. The first kappa shape index (κ1) is 22.2. The van der Waals surface area contributed by atoms with Crippen LogP contribution in [0.2, 0.25) is 0 Å². The van der Waals surface area contributed by atoms with E-state index in [1.807, 2.05) is 62.5 Å². The number of hydrogen-bond donors (Lipinski definition) is 0. The summed E-state index contributed by atoms with van der Waals surface area (Å²) >= 11 is 1.65. The van der Waals surface area contributed by atoms with Crippen LogP contribution >= 0.6 is 11.3 Å². The minimum absolute atomic E-state index is 0.326. The monoisotopic (exact) mass is 497 g/mol. The number of nitrogens with zero attached hydrogens (tertiary/aromatic N) is 5. The Kier molecular flexibility index (Phi) is 5.41. The van der Waals surface area contributed by atoms with Crippen molar-refractivity contribution in [2.45, 2.75) is 27.4 Å². The molecule has 0 radical (unpaired) electrons. The van der Waals surface area contributed by atoms with Crippen LogP contribution in [-0.2, 0) is 6.61 Å². The highest BCUT2D eigenvalue weighted by Gasteiger charge is 2.17. The van der Waals surface area contributed by atoms with Crippen molar-refractivity contribution in [3.8, 4) is 33.5 Å². The first-order chi connectivity index (χ1) is 17.5. The van der Waals surface area contributed by atoms with E-state index in [1.165, 1.54) is 0 Å². The summed E-state index contributed by atoms with van der Waals surface area (Å²) in [6.07, 6.45) is 3.67. The van der Waals surface area contributed by atoms with E-state index in [4.69, 9.17) is 18.9 Å². The van der Waals surface area contributed by atoms with Crippen molar-refractivity contribution in [3.63, 3.8) is 0 Å². The predicted molar refractivity (Wildman–Crippen MR) is 139 cm³/mol. The number of hydrogen-bond acceptors (Lipinski definition) is 8. The Bertz CT molecular complexity index is 1730. The van der Waals surface area contributed by atoms with Crippen molar-refractivity contribution in [2.75, 3.05) is 7.11 Å². The van der Waals surface area contributed by atoms with Gasteiger partial charge in [0, 0.05) is 34.5 Å². The van der Waals surface area contributed by atoms with E-state index in [9.17, 15) is 0 Å². The Balaban J connectivity index is 1.33. The lowest BCUT2D eigenvalue weighted by molar-refractivity contribution is 0.303. The molecule has 8 nitrogen and oxygen atoms in total. The predicted octanol–water partition coefficient (Wildman–Crippen LogP) is 6.17. The summed E-state index contributed by atoms with van der Waals surface area (Å²) in [5.74, 6) is 1.94. The van der Waals surface area contributed by atoms with E-state index in [-0.39, 0.29) is 0 Å². The molecule has 0 amide bonds. The second-order valence-corrected chi connectivity index (χ2v) is 9.75. The van der Waals surface area contributed by atoms with Gasteiger partial charge >= 0.3 is 0 Å². The Morgan fingerprint density at radius 3 is 2.72 bits per heavy atom. The maximum absolute atomic E-state index is 6.28. The van der Waals surface area contributed by atoms with Crippen LogP contribution in [0.4, 0.5) is 0 Å². The van der Waals surface area contributed by atoms with Gasteiger partial charge in [0.25, 0.3) is 0 Å². The molecule has 0 saturated carbocycles. The Morgan fingerprint density at radius 2 is 1.89 bits per heavy atom. The zero-order chi connectivity index (χ0) is 24.8. The average Bonchev–Trinajstić information content (AvgIpc) is 3.58. The number of pyridine rings is 1. The third-order valence-electron chi connectivity index (χ3n) is 5.92. The van der Waals surface area contributed by atoms with Crippen molar-refractivity contribution < 1.29 is 13.9 Å². The molecule has 5 aromatic heterocycles. The number of aryl methyl sites for hydroxylation is 3. The molecule has 0 unspecified atom stereocenters. The van der Waals surface area contributed by atoms with Gasteiger partial charge in [-0.2, -0.15) is 5.10 Å². The number of thiazole rings is 1. The second-order valence-electron chi connectivity index (χ2n) is 8.55. The summed E-state index contributed by atoms with van der Waals surface area (Å²) in [6.45, 7) is 6.31. The van der Waals surface area contributed by atoms with Crippen LogP contribution < -0.4 is 9.47 Å². The Labute approximate surface area is 211 Å². The van der Waals surface area contributed by atoms with Crippen molar-refractivity contribution in [3.05, 3.63) is 76.8 Å². The molecular weight excluding hydrogens is 474 g/mol. The van der Waals surface area contributed by atoms with E-state index in [1.54, 1.807) is 29.2 Å². The van der Waals surface area contributed by atoms with Crippen molar-refractivity contribution in [2.24, 2.45) is 0 Å². The number of imidazole rings is 1. The quantitative estimate of drug-likeness (QED) is 0.272. The topological polar surface area (TPSA) is 87.6 Å². The third kappa shape index (κ3) is 4.07. The van der Waals surface area contributed by atoms with E-state index in [0.29, 0.717) is 35.1 Å². The van der Waals surface area contributed by atoms with E-state index in [0.717, 1.165) is 43.6 Å². The molecule has 0 aliphatic heterocycles. The molecule has 0 saturated heterocycles. The highest BCUT2D eigenvalue weighted by Crippen LogP contribution is 2.37. The molecule has 0 N–H and O–H groups in total. The van der Waals surface area contributed by atoms with Crippen molar-refractivity contribution >= 4 is 28.0 Å². The van der Waals surface area contributed by atoms with Crippen LogP contribution in [0.25, 0.3) is 38.6 Å². The summed E-state index contributed by atoms with van der Waals surface area (Å²) in [4.78, 5) is 14.9. The van der Waals surface area contributed by atoms with Gasteiger partial charge in [0.2, 0.25) is 0 Å². The minimum Gasteiger partial charge on any atom is -0.496 e. The van der Waals surface area contributed by atoms with Crippen molar-refractivity contribution in [1.82, 2.24) is 24.6 Å². The minimum atomic E-state index is 0.326. The SMILES string of the molecule is COc1cc(OCc2nc(-c3ccnc(C)c3)sc2C)c2cc(-c3cn4nc(C)ccc4n3)oc2c1. The highest BCUT2D eigenvalue weighted by atomic mass is 32.1. The molecule has 9 heteroatoms. The maximum Gasteiger partial charge on any atom is 0.155 e. The normalized spacial score (nSPS) is 11.4. The molecule has 6 rings (SSSR count). The molecule has 0 atom stereocenters. The third-order valence-corrected chi connectivity index (χ3v) is 6.98. The summed E-state index contributed by atoms with van der Waals surface area (Å²) in [5, 5.41) is 6.27. The first-order valence-corrected chi connectivity index (χ1v) is 12.3. The van der Waals surface area contributed by atoms with Crippen LogP contribution in [0.15, 0.2) is 59.3 Å². The van der Waals surface area contributed by atoms with Gasteiger partial charge in [0.1, 0.15) is 34.4 Å². The lowest BCUT2D eigenvalue weighted by Crippen LogP contribution is -1.98. The summed E-state index contributed by atoms with van der Waals surface area (Å²) in [7, 11) is 1.62. The molecule has 6 aromatic rings. The number of fused-ring (bicyclic) bond motifs is 2. The number of furan rings is 1. The molecule has 0 aliphatic rings. The number of rotatable bonds is 6. The standard InChI is InChI=1S/C27H23N5O3S/c1-15-5-6-26-29-21(13-32(26)31-15)25-12-20-23(10-19(33-4)11-24(20)35-25)34-14-22-17(3)36-27(30-22)18-7-8-28-16(2)9-18/h5-13H,14H2,1-4H3. The number of ether oxygens (including phenoxy) is 2. The first-order valence-electron chi connectivity index (χ1n) is 11.4. The van der Waals surface area contributed by atoms with Gasteiger partial charge in [-0.05, 0) is 51.1 Å². The van der Waals surface area contributed by atoms with Gasteiger partial charge in [0.15, 0.2) is 11.4 Å². The van der Waals surface area contributed by atoms with Crippen molar-refractivity contribution in [1.29, 1.82) is 0 Å². The van der Waals surface area contributed by atoms with Gasteiger partial charge in [-0.3, -0.25) is 4.98 Å². The summed E-state index contributed by atoms with van der Waals surface area (Å²) in [6, 6.07) is 13.5. The van der Waals surface area contributed by atoms with Gasteiger partial charge in [-0.1, -0.05) is 0 Å². The average molecular weight is 498 g/mol. The molecule has 0 spiro atoms. The van der Waals surface area contributed by atoms with E-state index in [2.05, 4.69) is 22.0 Å². The molecule has 0 bridgehead atoms. The van der Waals surface area contributed by atoms with Gasteiger partial charge in [-0.15, -0.1) is 11.3 Å². The van der Waals surface area contributed by atoms with E-state index >= 15 is 0 Å². The number of methoxy groups -OCH3 is 1. The molecule has 180 valence electrons. The molecular formula is C27H23N5O3S. The number of aromatic nitrogens is 5. The van der Waals surface area contributed by atoms with Gasteiger partial charge in [0.05, 0.1) is 30.1 Å². The Hall–Kier alpha value is -4.24. The van der Waals surface area contributed by atoms with Gasteiger partial charge in [-0.25, -0.2) is 14.5 Å².